The molecule has 0 aliphatic carbocycles. The summed E-state index contributed by atoms with van der Waals surface area (Å²) in [6, 6.07) is 8.10. The van der Waals surface area contributed by atoms with Crippen molar-refractivity contribution in [2.75, 3.05) is 20.1 Å². The van der Waals surface area contributed by atoms with Crippen LogP contribution < -0.4 is 5.73 Å². The average molecular weight is 253 g/mol. The van der Waals surface area contributed by atoms with E-state index >= 15 is 0 Å². The summed E-state index contributed by atoms with van der Waals surface area (Å²) in [6.07, 6.45) is 4.59. The summed E-state index contributed by atoms with van der Waals surface area (Å²) >= 11 is 6.19. The van der Waals surface area contributed by atoms with Crippen molar-refractivity contribution in [3.8, 4) is 0 Å². The number of rotatable bonds is 4. The fraction of sp³-hybridized carbons (Fsp3) is 0.571. The number of benzene rings is 1. The van der Waals surface area contributed by atoms with Gasteiger partial charge in [0.1, 0.15) is 0 Å². The second-order valence-corrected chi connectivity index (χ2v) is 5.45. The van der Waals surface area contributed by atoms with Crippen LogP contribution in [-0.2, 0) is 6.42 Å². The molecule has 1 heterocycles. The number of hydrogen-bond acceptors (Lipinski definition) is 2. The fourth-order valence-corrected chi connectivity index (χ4v) is 3.05. The first-order valence-corrected chi connectivity index (χ1v) is 6.70. The summed E-state index contributed by atoms with van der Waals surface area (Å²) in [7, 11) is 2.19. The van der Waals surface area contributed by atoms with Gasteiger partial charge in [-0.05, 0) is 50.9 Å². The van der Waals surface area contributed by atoms with Crippen molar-refractivity contribution < 1.29 is 0 Å². The average Bonchev–Trinajstić information content (AvgIpc) is 2.70. The third-order valence-corrected chi connectivity index (χ3v) is 4.51. The Morgan fingerprint density at radius 1 is 1.41 bits per heavy atom. The Kier molecular flexibility index (Phi) is 4.08. The maximum Gasteiger partial charge on any atom is 0.0437 e. The highest BCUT2D eigenvalue weighted by Crippen LogP contribution is 2.32. The normalized spacial score (nSPS) is 25.4. The highest BCUT2D eigenvalue weighted by Gasteiger charge is 2.36. The van der Waals surface area contributed by atoms with Crippen LogP contribution in [0, 0.1) is 0 Å². The Labute approximate surface area is 109 Å². The SMILES string of the molecule is CN1CCCC1(CN)CCc1ccccc1Cl. The molecule has 1 aromatic carbocycles. The summed E-state index contributed by atoms with van der Waals surface area (Å²) in [5.41, 5.74) is 7.42. The molecule has 1 atom stereocenters. The van der Waals surface area contributed by atoms with E-state index < -0.39 is 0 Å². The first-order valence-electron chi connectivity index (χ1n) is 6.33. The molecule has 0 radical (unpaired) electrons. The lowest BCUT2D eigenvalue weighted by Crippen LogP contribution is -2.48. The standard InChI is InChI=1S/C14H21ClN2/c1-17-10-4-8-14(17,11-16)9-7-12-5-2-3-6-13(12)15/h2-3,5-6H,4,7-11,16H2,1H3. The lowest BCUT2D eigenvalue weighted by molar-refractivity contribution is 0.169. The van der Waals surface area contributed by atoms with E-state index in [0.717, 1.165) is 24.4 Å². The minimum absolute atomic E-state index is 0.194. The van der Waals surface area contributed by atoms with Crippen LogP contribution in [0.25, 0.3) is 0 Å². The van der Waals surface area contributed by atoms with E-state index in [1.807, 2.05) is 12.1 Å². The number of aryl methyl sites for hydroxylation is 1. The third kappa shape index (κ3) is 2.65. The van der Waals surface area contributed by atoms with Crippen LogP contribution in [0.5, 0.6) is 0 Å². The fourth-order valence-electron chi connectivity index (χ4n) is 2.82. The number of halogens is 1. The maximum atomic E-state index is 6.19. The molecule has 2 rings (SSSR count). The zero-order valence-electron chi connectivity index (χ0n) is 10.5. The van der Waals surface area contributed by atoms with E-state index in [0.29, 0.717) is 0 Å². The summed E-state index contributed by atoms with van der Waals surface area (Å²) in [5.74, 6) is 0. The van der Waals surface area contributed by atoms with Crippen molar-refractivity contribution in [1.82, 2.24) is 4.90 Å². The van der Waals surface area contributed by atoms with Gasteiger partial charge in [-0.15, -0.1) is 0 Å². The molecule has 0 saturated carbocycles. The van der Waals surface area contributed by atoms with Gasteiger partial charge in [0.2, 0.25) is 0 Å². The van der Waals surface area contributed by atoms with Crippen molar-refractivity contribution in [1.29, 1.82) is 0 Å². The van der Waals surface area contributed by atoms with E-state index in [1.165, 1.54) is 24.9 Å². The van der Waals surface area contributed by atoms with Gasteiger partial charge in [-0.1, -0.05) is 29.8 Å². The van der Waals surface area contributed by atoms with Crippen molar-refractivity contribution >= 4 is 11.6 Å². The largest absolute Gasteiger partial charge is 0.329 e. The molecular weight excluding hydrogens is 232 g/mol. The van der Waals surface area contributed by atoms with Crippen LogP contribution in [0.15, 0.2) is 24.3 Å². The van der Waals surface area contributed by atoms with Crippen molar-refractivity contribution in [3.05, 3.63) is 34.9 Å². The van der Waals surface area contributed by atoms with Crippen molar-refractivity contribution in [2.24, 2.45) is 5.73 Å². The summed E-state index contributed by atoms with van der Waals surface area (Å²) < 4.78 is 0. The molecule has 1 aliphatic rings. The van der Waals surface area contributed by atoms with Crippen LogP contribution in [-0.4, -0.2) is 30.6 Å². The molecule has 2 nitrogen and oxygen atoms in total. The zero-order valence-corrected chi connectivity index (χ0v) is 11.2. The van der Waals surface area contributed by atoms with Gasteiger partial charge in [0.15, 0.2) is 0 Å². The van der Waals surface area contributed by atoms with Crippen LogP contribution >= 0.6 is 11.6 Å². The minimum atomic E-state index is 0.194. The van der Waals surface area contributed by atoms with E-state index in [-0.39, 0.29) is 5.54 Å². The smallest absolute Gasteiger partial charge is 0.0437 e. The Morgan fingerprint density at radius 3 is 2.76 bits per heavy atom. The van der Waals surface area contributed by atoms with E-state index in [9.17, 15) is 0 Å². The lowest BCUT2D eigenvalue weighted by atomic mass is 9.89. The Morgan fingerprint density at radius 2 is 2.18 bits per heavy atom. The molecular formula is C14H21ClN2. The highest BCUT2D eigenvalue weighted by molar-refractivity contribution is 6.31. The van der Waals surface area contributed by atoms with Gasteiger partial charge in [-0.2, -0.15) is 0 Å². The number of nitrogens with zero attached hydrogens (tertiary/aromatic N) is 1. The third-order valence-electron chi connectivity index (χ3n) is 4.14. The molecule has 0 amide bonds. The molecule has 1 saturated heterocycles. The van der Waals surface area contributed by atoms with Crippen LogP contribution in [0.1, 0.15) is 24.8 Å². The highest BCUT2D eigenvalue weighted by atomic mass is 35.5. The van der Waals surface area contributed by atoms with Gasteiger partial charge >= 0.3 is 0 Å². The molecule has 0 spiro atoms. The monoisotopic (exact) mass is 252 g/mol. The molecule has 3 heteroatoms. The second-order valence-electron chi connectivity index (χ2n) is 5.04. The Bertz CT molecular complexity index is 380. The van der Waals surface area contributed by atoms with Crippen LogP contribution in [0.4, 0.5) is 0 Å². The van der Waals surface area contributed by atoms with Gasteiger partial charge in [-0.25, -0.2) is 0 Å². The predicted octanol–water partition coefficient (Wildman–Crippen LogP) is 2.70. The molecule has 1 fully saturated rings. The molecule has 0 bridgehead atoms. The van der Waals surface area contributed by atoms with E-state index in [1.54, 1.807) is 0 Å². The summed E-state index contributed by atoms with van der Waals surface area (Å²) in [4.78, 5) is 2.42. The lowest BCUT2D eigenvalue weighted by Gasteiger charge is -2.35. The van der Waals surface area contributed by atoms with Gasteiger partial charge in [-0.3, -0.25) is 4.90 Å². The van der Waals surface area contributed by atoms with Gasteiger partial charge in [0.05, 0.1) is 0 Å². The summed E-state index contributed by atoms with van der Waals surface area (Å²) in [5, 5.41) is 0.875. The predicted molar refractivity (Wildman–Crippen MR) is 73.4 cm³/mol. The molecule has 17 heavy (non-hydrogen) atoms. The van der Waals surface area contributed by atoms with Crippen molar-refractivity contribution in [2.45, 2.75) is 31.2 Å². The minimum Gasteiger partial charge on any atom is -0.329 e. The molecule has 1 aliphatic heterocycles. The Balaban J connectivity index is 2.04. The maximum absolute atomic E-state index is 6.19. The number of nitrogens with two attached hydrogens (primary N) is 1. The Hall–Kier alpha value is -0.570. The van der Waals surface area contributed by atoms with Crippen molar-refractivity contribution in [3.63, 3.8) is 0 Å². The topological polar surface area (TPSA) is 29.3 Å². The summed E-state index contributed by atoms with van der Waals surface area (Å²) in [6.45, 7) is 1.91. The molecule has 0 aromatic heterocycles. The van der Waals surface area contributed by atoms with Gasteiger partial charge in [0.25, 0.3) is 0 Å². The number of hydrogen-bond donors (Lipinski definition) is 1. The number of likely N-dealkylation sites (tertiary alicyclic amines) is 1. The number of likely N-dealkylation sites (N-methyl/N-ethyl adjacent to an activating group) is 1. The molecule has 1 aromatic rings. The van der Waals surface area contributed by atoms with E-state index in [2.05, 4.69) is 24.1 Å². The first-order chi connectivity index (χ1) is 8.18. The molecule has 94 valence electrons. The second kappa shape index (κ2) is 5.38. The van der Waals surface area contributed by atoms with E-state index in [4.69, 9.17) is 17.3 Å². The van der Waals surface area contributed by atoms with Gasteiger partial charge in [0, 0.05) is 17.1 Å². The van der Waals surface area contributed by atoms with Crippen LogP contribution in [0.2, 0.25) is 5.02 Å². The molecule has 1 unspecified atom stereocenters. The quantitative estimate of drug-likeness (QED) is 0.893. The zero-order chi connectivity index (χ0) is 12.3. The van der Waals surface area contributed by atoms with Gasteiger partial charge < -0.3 is 5.73 Å². The first kappa shape index (κ1) is 12.9. The molecule has 2 N–H and O–H groups in total. The van der Waals surface area contributed by atoms with Crippen LogP contribution in [0.3, 0.4) is 0 Å².